The molecule has 0 N–H and O–H groups in total. The molecule has 0 aliphatic heterocycles. The molecule has 0 heterocycles. The summed E-state index contributed by atoms with van der Waals surface area (Å²) in [7, 11) is 0. The molecule has 0 aliphatic carbocycles. The third-order valence-electron chi connectivity index (χ3n) is 3.47. The summed E-state index contributed by atoms with van der Waals surface area (Å²) in [6.07, 6.45) is 0. The summed E-state index contributed by atoms with van der Waals surface area (Å²) >= 11 is 6.52. The van der Waals surface area contributed by atoms with E-state index in [0.29, 0.717) is 0 Å². The van der Waals surface area contributed by atoms with Gasteiger partial charge in [-0.3, -0.25) is 0 Å². The molecule has 32 heavy (non-hydrogen) atoms. The lowest BCUT2D eigenvalue weighted by atomic mass is 9.87. The fourth-order valence-corrected chi connectivity index (χ4v) is 1.78. The molecule has 0 aromatic heterocycles. The van der Waals surface area contributed by atoms with Crippen molar-refractivity contribution < 1.29 is 87.8 Å². The molecule has 0 aliphatic rings. The van der Waals surface area contributed by atoms with Crippen molar-refractivity contribution in [2.24, 2.45) is 0 Å². The van der Waals surface area contributed by atoms with Crippen LogP contribution in [0.15, 0.2) is 0 Å². The van der Waals surface area contributed by atoms with Gasteiger partial charge in [0.15, 0.2) is 0 Å². The molecule has 0 nitrogen and oxygen atoms in total. The molecule has 0 saturated carbocycles. The Morgan fingerprint density at radius 2 is 0.312 bits per heavy atom. The van der Waals surface area contributed by atoms with Gasteiger partial charge in [-0.25, -0.2) is 0 Å². The predicted octanol–water partition coefficient (Wildman–Crippen LogP) is 7.73. The highest BCUT2D eigenvalue weighted by atomic mass is 35.5. The van der Waals surface area contributed by atoms with E-state index in [9.17, 15) is 87.8 Å². The molecule has 0 aromatic carbocycles. The van der Waals surface area contributed by atoms with E-state index >= 15 is 0 Å². The lowest BCUT2D eigenvalue weighted by Crippen LogP contribution is -2.76. The topological polar surface area (TPSA) is 0 Å². The Bertz CT molecular complexity index is 636. The molecule has 0 atom stereocenters. The lowest BCUT2D eigenvalue weighted by molar-refractivity contribution is -0.463. The van der Waals surface area contributed by atoms with Crippen molar-refractivity contribution >= 4 is 23.2 Å². The van der Waals surface area contributed by atoms with E-state index in [4.69, 9.17) is 0 Å². The van der Waals surface area contributed by atoms with Crippen molar-refractivity contribution in [2.75, 3.05) is 0 Å². The van der Waals surface area contributed by atoms with Crippen molar-refractivity contribution in [3.05, 3.63) is 0 Å². The average molecular weight is 571 g/mol. The number of hydrogen-bond acceptors (Lipinski definition) is 0. The third kappa shape index (κ3) is 3.60. The third-order valence-corrected chi connectivity index (χ3v) is 3.95. The van der Waals surface area contributed by atoms with Crippen LogP contribution >= 0.6 is 23.2 Å². The zero-order valence-corrected chi connectivity index (χ0v) is 14.8. The summed E-state index contributed by atoms with van der Waals surface area (Å²) in [6, 6.07) is 0. The number of rotatable bonds is 9. The van der Waals surface area contributed by atoms with Gasteiger partial charge in [-0.1, -0.05) is 0 Å². The van der Waals surface area contributed by atoms with Gasteiger partial charge in [-0.15, -0.1) is 0 Å². The summed E-state index contributed by atoms with van der Waals surface area (Å²) in [5.41, 5.74) is 0. The molecule has 0 fully saturated rings. The van der Waals surface area contributed by atoms with Crippen LogP contribution in [0.1, 0.15) is 0 Å². The monoisotopic (exact) mass is 570 g/mol. The van der Waals surface area contributed by atoms with E-state index in [1.165, 1.54) is 0 Å². The fourth-order valence-electron chi connectivity index (χ4n) is 1.54. The molecule has 0 unspecified atom stereocenters. The Balaban J connectivity index is 7.00. The highest BCUT2D eigenvalue weighted by Gasteiger charge is 2.97. The first-order valence-corrected chi connectivity index (χ1v) is 7.16. The number of hydrogen-bond donors (Lipinski definition) is 0. The molecule has 0 aromatic rings. The van der Waals surface area contributed by atoms with E-state index in [1.807, 2.05) is 0 Å². The maximum Gasteiger partial charge on any atom is 0.393 e. The van der Waals surface area contributed by atoms with E-state index in [1.54, 1.807) is 0 Å². The van der Waals surface area contributed by atoms with Gasteiger partial charge in [0.2, 0.25) is 0 Å². The SMILES string of the molecule is FC(F)(Cl)C(F)(F)C(F)(F)C(F)(F)C(F)(F)C(F)(F)C(F)(F)C(F)(F)C(F)(F)C(F)(F)Cl. The second kappa shape index (κ2) is 7.34. The Hall–Kier alpha value is -0.820. The molecule has 0 rings (SSSR count). The molecule has 194 valence electrons. The Morgan fingerprint density at radius 3 is 0.406 bits per heavy atom. The van der Waals surface area contributed by atoms with Crippen LogP contribution in [0, 0.1) is 0 Å². The van der Waals surface area contributed by atoms with Crippen LogP contribution in [0.3, 0.4) is 0 Å². The van der Waals surface area contributed by atoms with Gasteiger partial charge in [-0.05, 0) is 23.2 Å². The van der Waals surface area contributed by atoms with Crippen molar-refractivity contribution in [1.82, 2.24) is 0 Å². The van der Waals surface area contributed by atoms with E-state index in [0.717, 1.165) is 0 Å². The second-order valence-corrected chi connectivity index (χ2v) is 6.54. The van der Waals surface area contributed by atoms with Gasteiger partial charge in [-0.2, -0.15) is 87.8 Å². The maximum absolute atomic E-state index is 13.2. The van der Waals surface area contributed by atoms with Gasteiger partial charge < -0.3 is 0 Å². The van der Waals surface area contributed by atoms with Crippen molar-refractivity contribution in [1.29, 1.82) is 0 Å². The van der Waals surface area contributed by atoms with Crippen molar-refractivity contribution in [3.8, 4) is 0 Å². The summed E-state index contributed by atoms with van der Waals surface area (Å²) < 4.78 is 257. The first-order valence-electron chi connectivity index (χ1n) is 6.41. The molecule has 0 radical (unpaired) electrons. The first-order chi connectivity index (χ1) is 13.2. The van der Waals surface area contributed by atoms with E-state index in [-0.39, 0.29) is 0 Å². The van der Waals surface area contributed by atoms with Gasteiger partial charge in [0.05, 0.1) is 0 Å². The van der Waals surface area contributed by atoms with Crippen LogP contribution in [0.2, 0.25) is 0 Å². The van der Waals surface area contributed by atoms with Crippen molar-refractivity contribution in [3.63, 3.8) is 0 Å². The lowest BCUT2D eigenvalue weighted by Gasteiger charge is -2.44. The molecule has 0 saturated heterocycles. The normalized spacial score (nSPS) is 17.1. The highest BCUT2D eigenvalue weighted by molar-refractivity contribution is 6.22. The smallest absolute Gasteiger partial charge is 0.192 e. The maximum atomic E-state index is 13.2. The summed E-state index contributed by atoms with van der Waals surface area (Å²) in [4.78, 5) is 0. The molecule has 22 heteroatoms. The fraction of sp³-hybridized carbons (Fsp3) is 1.00. The quantitative estimate of drug-likeness (QED) is 0.197. The predicted molar refractivity (Wildman–Crippen MR) is 61.2 cm³/mol. The van der Waals surface area contributed by atoms with Gasteiger partial charge in [0, 0.05) is 0 Å². The minimum atomic E-state index is -9.06. The Morgan fingerprint density at radius 1 is 0.219 bits per heavy atom. The standard InChI is InChI=1S/C10Cl2F20/c11-9(29,30)7(25,26)5(21,22)3(17,18)1(13,14)2(15,16)4(19,20)6(23,24)8(27,28)10(12,31)32. The molecular weight excluding hydrogens is 571 g/mol. The van der Waals surface area contributed by atoms with Crippen LogP contribution in [-0.2, 0) is 0 Å². The van der Waals surface area contributed by atoms with E-state index in [2.05, 4.69) is 23.2 Å². The minimum Gasteiger partial charge on any atom is -0.192 e. The number of alkyl halides is 22. The van der Waals surface area contributed by atoms with Crippen LogP contribution in [0.4, 0.5) is 87.8 Å². The Labute approximate surface area is 170 Å². The van der Waals surface area contributed by atoms with Crippen LogP contribution in [-0.4, -0.2) is 58.1 Å². The minimum absolute atomic E-state index is 3.26. The van der Waals surface area contributed by atoms with E-state index < -0.39 is 58.1 Å². The Kier molecular flexibility index (Phi) is 7.15. The van der Waals surface area contributed by atoms with Crippen LogP contribution in [0.25, 0.3) is 0 Å². The van der Waals surface area contributed by atoms with Crippen LogP contribution < -0.4 is 0 Å². The second-order valence-electron chi connectivity index (χ2n) is 5.59. The molecule has 0 spiro atoms. The molecule has 0 bridgehead atoms. The summed E-state index contributed by atoms with van der Waals surface area (Å²) in [5.74, 6) is -69.2. The summed E-state index contributed by atoms with van der Waals surface area (Å²) in [6.45, 7) is 0. The average Bonchev–Trinajstić information content (AvgIpc) is 2.51. The van der Waals surface area contributed by atoms with Gasteiger partial charge in [0.1, 0.15) is 0 Å². The molecule has 0 amide bonds. The zero-order valence-electron chi connectivity index (χ0n) is 13.3. The molecular formula is C10Cl2F20. The largest absolute Gasteiger partial charge is 0.393 e. The van der Waals surface area contributed by atoms with Crippen LogP contribution in [0.5, 0.6) is 0 Å². The summed E-state index contributed by atoms with van der Waals surface area (Å²) in [5, 5.41) is -14.0. The van der Waals surface area contributed by atoms with Gasteiger partial charge in [0.25, 0.3) is 0 Å². The number of halogens is 22. The first kappa shape index (κ1) is 31.2. The zero-order chi connectivity index (χ0) is 27.0. The highest BCUT2D eigenvalue weighted by Crippen LogP contribution is 2.66. The van der Waals surface area contributed by atoms with Crippen molar-refractivity contribution in [2.45, 2.75) is 58.1 Å². The van der Waals surface area contributed by atoms with Gasteiger partial charge >= 0.3 is 58.1 Å².